The largest absolute Gasteiger partial charge is 0.444 e. The highest BCUT2D eigenvalue weighted by Gasteiger charge is 2.54. The Morgan fingerprint density at radius 2 is 1.92 bits per heavy atom. The Balaban J connectivity index is 1.35. The van der Waals surface area contributed by atoms with E-state index in [4.69, 9.17) is 4.74 Å². The van der Waals surface area contributed by atoms with Crippen molar-refractivity contribution in [3.05, 3.63) is 65.5 Å². The first-order chi connectivity index (χ1) is 11.7. The zero-order valence-electron chi connectivity index (χ0n) is 13.1. The number of rotatable bonds is 4. The third-order valence-corrected chi connectivity index (χ3v) is 6.01. The van der Waals surface area contributed by atoms with Crippen molar-refractivity contribution in [2.75, 3.05) is 16.8 Å². The lowest BCUT2D eigenvalue weighted by atomic mass is 10.1. The Labute approximate surface area is 144 Å². The number of amides is 1. The molecule has 0 radical (unpaired) electrons. The average Bonchev–Trinajstić information content (AvgIpc) is 3.05. The van der Waals surface area contributed by atoms with E-state index in [1.807, 2.05) is 42.1 Å². The van der Waals surface area contributed by atoms with Crippen molar-refractivity contribution in [3.8, 4) is 0 Å². The van der Waals surface area contributed by atoms with Gasteiger partial charge in [0.1, 0.15) is 12.4 Å². The minimum atomic E-state index is -0.578. The van der Waals surface area contributed by atoms with E-state index in [2.05, 4.69) is 5.32 Å². The fourth-order valence-electron chi connectivity index (χ4n) is 3.45. The number of thioether (sulfide) groups is 1. The van der Waals surface area contributed by atoms with Gasteiger partial charge in [0.25, 0.3) is 0 Å². The van der Waals surface area contributed by atoms with Gasteiger partial charge in [-0.3, -0.25) is 5.32 Å². The van der Waals surface area contributed by atoms with Crippen LogP contribution in [-0.4, -0.2) is 17.6 Å². The highest BCUT2D eigenvalue weighted by Crippen LogP contribution is 2.61. The molecule has 24 heavy (non-hydrogen) atoms. The van der Waals surface area contributed by atoms with Crippen LogP contribution in [0.25, 0.3) is 0 Å². The molecule has 1 N–H and O–H groups in total. The summed E-state index contributed by atoms with van der Waals surface area (Å²) in [6.45, 7) is 0.191. The Bertz CT molecular complexity index is 742. The highest BCUT2D eigenvalue weighted by molar-refractivity contribution is 7.99. The van der Waals surface area contributed by atoms with E-state index in [9.17, 15) is 9.18 Å². The molecule has 1 saturated heterocycles. The number of carbonyl (C=O) groups excluding carboxylic acids is 1. The molecule has 2 fully saturated rings. The molecule has 1 amide bonds. The zero-order valence-corrected chi connectivity index (χ0v) is 13.9. The van der Waals surface area contributed by atoms with Gasteiger partial charge in [-0.2, -0.15) is 11.8 Å². The SMILES string of the molecule is O=C(Nc1ccc(C2[C@H]3CSC[C@@H]23)c(F)c1)OCc1ccccc1. The van der Waals surface area contributed by atoms with E-state index in [1.165, 1.54) is 6.07 Å². The summed E-state index contributed by atoms with van der Waals surface area (Å²) in [5.74, 6) is 3.69. The molecule has 2 aliphatic rings. The van der Waals surface area contributed by atoms with Crippen LogP contribution >= 0.6 is 11.8 Å². The number of benzene rings is 2. The maximum absolute atomic E-state index is 14.4. The van der Waals surface area contributed by atoms with Gasteiger partial charge in [-0.1, -0.05) is 36.4 Å². The number of ether oxygens (including phenoxy) is 1. The number of nitrogens with one attached hydrogen (secondary N) is 1. The maximum atomic E-state index is 14.4. The molecule has 124 valence electrons. The van der Waals surface area contributed by atoms with Gasteiger partial charge in [0.05, 0.1) is 0 Å². The summed E-state index contributed by atoms with van der Waals surface area (Å²) < 4.78 is 19.5. The molecule has 0 aromatic heterocycles. The van der Waals surface area contributed by atoms with E-state index < -0.39 is 6.09 Å². The molecule has 1 saturated carbocycles. The van der Waals surface area contributed by atoms with Gasteiger partial charge >= 0.3 is 6.09 Å². The van der Waals surface area contributed by atoms with Gasteiger partial charge in [0.15, 0.2) is 0 Å². The summed E-state index contributed by atoms with van der Waals surface area (Å²) in [6, 6.07) is 14.4. The Morgan fingerprint density at radius 3 is 2.62 bits per heavy atom. The Morgan fingerprint density at radius 1 is 1.17 bits per heavy atom. The van der Waals surface area contributed by atoms with Crippen LogP contribution in [0.15, 0.2) is 48.5 Å². The van der Waals surface area contributed by atoms with Gasteiger partial charge in [0, 0.05) is 5.69 Å². The quantitative estimate of drug-likeness (QED) is 0.878. The minimum Gasteiger partial charge on any atom is -0.444 e. The van der Waals surface area contributed by atoms with Crippen molar-refractivity contribution >= 4 is 23.5 Å². The van der Waals surface area contributed by atoms with Gasteiger partial charge in [0.2, 0.25) is 0 Å². The standard InChI is InChI=1S/C19H18FNO2S/c20-17-8-13(6-7-14(17)18-15-10-24-11-16(15)18)21-19(22)23-9-12-4-2-1-3-5-12/h1-8,15-16,18H,9-11H2,(H,21,22)/t15-,16+,18?. The lowest BCUT2D eigenvalue weighted by Crippen LogP contribution is -2.13. The number of carbonyl (C=O) groups is 1. The van der Waals surface area contributed by atoms with E-state index in [1.54, 1.807) is 12.1 Å². The number of halogens is 1. The van der Waals surface area contributed by atoms with Crippen LogP contribution in [0.4, 0.5) is 14.9 Å². The second kappa shape index (κ2) is 6.48. The molecule has 0 spiro atoms. The number of hydrogen-bond acceptors (Lipinski definition) is 3. The lowest BCUT2D eigenvalue weighted by molar-refractivity contribution is 0.155. The molecule has 0 bridgehead atoms. The first-order valence-corrected chi connectivity index (χ1v) is 9.23. The number of anilines is 1. The van der Waals surface area contributed by atoms with E-state index in [0.29, 0.717) is 23.4 Å². The van der Waals surface area contributed by atoms with Crippen LogP contribution in [-0.2, 0) is 11.3 Å². The van der Waals surface area contributed by atoms with E-state index in [0.717, 1.165) is 22.6 Å². The average molecular weight is 343 g/mol. The van der Waals surface area contributed by atoms with Crippen LogP contribution in [0.5, 0.6) is 0 Å². The topological polar surface area (TPSA) is 38.3 Å². The molecule has 2 aromatic rings. The van der Waals surface area contributed by atoms with E-state index >= 15 is 0 Å². The summed E-state index contributed by atoms with van der Waals surface area (Å²) >= 11 is 1.96. The number of fused-ring (bicyclic) bond motifs is 1. The van der Waals surface area contributed by atoms with Crippen molar-refractivity contribution in [2.24, 2.45) is 11.8 Å². The fourth-order valence-corrected chi connectivity index (χ4v) is 5.04. The molecule has 1 heterocycles. The summed E-state index contributed by atoms with van der Waals surface area (Å²) in [5, 5.41) is 2.58. The molecule has 3 nitrogen and oxygen atoms in total. The predicted octanol–water partition coefficient (Wildman–Crippen LogP) is 4.65. The fraction of sp³-hybridized carbons (Fsp3) is 0.316. The zero-order chi connectivity index (χ0) is 16.5. The van der Waals surface area contributed by atoms with Gasteiger partial charge < -0.3 is 4.74 Å². The number of hydrogen-bond donors (Lipinski definition) is 1. The summed E-state index contributed by atoms with van der Waals surface area (Å²) in [4.78, 5) is 11.8. The second-order valence-corrected chi connectivity index (χ2v) is 7.39. The molecular formula is C19H18FNO2S. The first kappa shape index (κ1) is 15.5. The van der Waals surface area contributed by atoms with E-state index in [-0.39, 0.29) is 12.4 Å². The lowest BCUT2D eigenvalue weighted by Gasteiger charge is -2.10. The molecular weight excluding hydrogens is 325 g/mol. The third kappa shape index (κ3) is 3.13. The van der Waals surface area contributed by atoms with Crippen molar-refractivity contribution in [3.63, 3.8) is 0 Å². The van der Waals surface area contributed by atoms with Crippen molar-refractivity contribution < 1.29 is 13.9 Å². The highest BCUT2D eigenvalue weighted by atomic mass is 32.2. The minimum absolute atomic E-state index is 0.191. The summed E-state index contributed by atoms with van der Waals surface area (Å²) in [7, 11) is 0. The third-order valence-electron chi connectivity index (χ3n) is 4.77. The van der Waals surface area contributed by atoms with Crippen molar-refractivity contribution in [2.45, 2.75) is 12.5 Å². The van der Waals surface area contributed by atoms with Crippen LogP contribution in [0.3, 0.4) is 0 Å². The normalized spacial score (nSPS) is 24.3. The van der Waals surface area contributed by atoms with Crippen molar-refractivity contribution in [1.29, 1.82) is 0 Å². The summed E-state index contributed by atoms with van der Waals surface area (Å²) in [6.07, 6.45) is -0.578. The Kier molecular flexibility index (Phi) is 4.19. The van der Waals surface area contributed by atoms with Crippen LogP contribution in [0.1, 0.15) is 17.0 Å². The molecule has 1 aliphatic carbocycles. The van der Waals surface area contributed by atoms with Gasteiger partial charge in [-0.15, -0.1) is 0 Å². The predicted molar refractivity (Wildman–Crippen MR) is 93.7 cm³/mol. The smallest absolute Gasteiger partial charge is 0.411 e. The molecule has 2 aromatic carbocycles. The monoisotopic (exact) mass is 343 g/mol. The second-order valence-electron chi connectivity index (χ2n) is 6.31. The maximum Gasteiger partial charge on any atom is 0.411 e. The molecule has 1 unspecified atom stereocenters. The molecule has 3 atom stereocenters. The van der Waals surface area contributed by atoms with Crippen molar-refractivity contribution in [1.82, 2.24) is 0 Å². The van der Waals surface area contributed by atoms with Gasteiger partial charge in [-0.05, 0) is 52.5 Å². The Hall–Kier alpha value is -2.01. The molecule has 4 rings (SSSR count). The first-order valence-electron chi connectivity index (χ1n) is 8.07. The van der Waals surface area contributed by atoms with Crippen LogP contribution < -0.4 is 5.32 Å². The summed E-state index contributed by atoms with van der Waals surface area (Å²) in [5.41, 5.74) is 2.12. The van der Waals surface area contributed by atoms with Crippen LogP contribution in [0.2, 0.25) is 0 Å². The van der Waals surface area contributed by atoms with Crippen LogP contribution in [0, 0.1) is 17.7 Å². The van der Waals surface area contributed by atoms with Gasteiger partial charge in [-0.25, -0.2) is 9.18 Å². The molecule has 5 heteroatoms. The molecule has 1 aliphatic heterocycles.